The number of rotatable bonds is 4. The number of hydrogen-bond acceptors (Lipinski definition) is 4. The molecule has 116 valence electrons. The van der Waals surface area contributed by atoms with Crippen LogP contribution in [0.15, 0.2) is 18.2 Å². The van der Waals surface area contributed by atoms with E-state index in [4.69, 9.17) is 0 Å². The number of hydrogen-bond donors (Lipinski definition) is 2. The fraction of sp³-hybridized carbons (Fsp3) is 0.467. The second-order valence-electron chi connectivity index (χ2n) is 5.85. The average molecular weight is 328 g/mol. The first-order chi connectivity index (χ1) is 9.40. The molecule has 21 heavy (non-hydrogen) atoms. The van der Waals surface area contributed by atoms with Gasteiger partial charge in [-0.3, -0.25) is 4.79 Å². The molecule has 0 aliphatic heterocycles. The lowest BCUT2D eigenvalue weighted by Gasteiger charge is -2.13. The molecule has 0 radical (unpaired) electrons. The van der Waals surface area contributed by atoms with Crippen LogP contribution < -0.4 is 10.6 Å². The summed E-state index contributed by atoms with van der Waals surface area (Å²) < 4.78 is 1.11. The Morgan fingerprint density at radius 3 is 2.67 bits per heavy atom. The van der Waals surface area contributed by atoms with Gasteiger partial charge in [0.1, 0.15) is 0 Å². The van der Waals surface area contributed by atoms with Crippen molar-refractivity contribution in [1.82, 2.24) is 10.3 Å². The van der Waals surface area contributed by atoms with E-state index in [0.29, 0.717) is 13.0 Å². The summed E-state index contributed by atoms with van der Waals surface area (Å²) in [6, 6.07) is 5.88. The molecule has 1 aromatic heterocycles. The monoisotopic (exact) mass is 327 g/mol. The summed E-state index contributed by atoms with van der Waals surface area (Å²) in [7, 11) is 1.84. The van der Waals surface area contributed by atoms with Crippen LogP contribution in [0.4, 0.5) is 5.69 Å². The van der Waals surface area contributed by atoms with E-state index < -0.39 is 0 Å². The molecule has 1 heterocycles. The summed E-state index contributed by atoms with van der Waals surface area (Å²) >= 11 is 1.69. The Bertz CT molecular complexity index is 619. The second-order valence-corrected chi connectivity index (χ2v) is 6.88. The molecule has 0 saturated carbocycles. The van der Waals surface area contributed by atoms with Gasteiger partial charge in [0.05, 0.1) is 15.2 Å². The van der Waals surface area contributed by atoms with Crippen molar-refractivity contribution in [1.29, 1.82) is 0 Å². The molecule has 4 nitrogen and oxygen atoms in total. The average Bonchev–Trinajstić information content (AvgIpc) is 2.79. The molecule has 2 N–H and O–H groups in total. The second kappa shape index (κ2) is 7.20. The standard InChI is InChI=1S/C15H21N3OS.ClH/c1-15(2,3)14-18-11-6-5-10(9-12(11)20-14)17-13(19)7-8-16-4;/h5-6,9,16H,7-8H2,1-4H3,(H,17,19);1H. The third-order valence-electron chi connectivity index (χ3n) is 2.92. The van der Waals surface area contributed by atoms with Crippen LogP contribution in [-0.4, -0.2) is 24.5 Å². The molecule has 1 amide bonds. The van der Waals surface area contributed by atoms with Gasteiger partial charge in [0.2, 0.25) is 5.91 Å². The Morgan fingerprint density at radius 2 is 2.05 bits per heavy atom. The lowest BCUT2D eigenvalue weighted by atomic mass is 9.98. The van der Waals surface area contributed by atoms with E-state index in [1.807, 2.05) is 25.2 Å². The summed E-state index contributed by atoms with van der Waals surface area (Å²) in [5.41, 5.74) is 1.88. The van der Waals surface area contributed by atoms with E-state index >= 15 is 0 Å². The van der Waals surface area contributed by atoms with Crippen molar-refractivity contribution in [2.75, 3.05) is 18.9 Å². The Labute approximate surface area is 135 Å². The molecule has 0 atom stereocenters. The van der Waals surface area contributed by atoms with Crippen LogP contribution in [0.25, 0.3) is 10.2 Å². The van der Waals surface area contributed by atoms with Crippen LogP contribution in [-0.2, 0) is 10.2 Å². The summed E-state index contributed by atoms with van der Waals surface area (Å²) in [6.07, 6.45) is 0.477. The fourth-order valence-electron chi connectivity index (χ4n) is 1.79. The zero-order chi connectivity index (χ0) is 14.8. The Balaban J connectivity index is 0.00000220. The number of halogens is 1. The lowest BCUT2D eigenvalue weighted by molar-refractivity contribution is -0.116. The maximum atomic E-state index is 11.7. The van der Waals surface area contributed by atoms with Crippen LogP contribution >= 0.6 is 23.7 Å². The number of carbonyl (C=O) groups is 1. The lowest BCUT2D eigenvalue weighted by Crippen LogP contribution is -2.18. The van der Waals surface area contributed by atoms with Crippen molar-refractivity contribution >= 4 is 45.6 Å². The maximum Gasteiger partial charge on any atom is 0.225 e. The van der Waals surface area contributed by atoms with Crippen LogP contribution in [0, 0.1) is 0 Å². The molecule has 0 fully saturated rings. The van der Waals surface area contributed by atoms with Crippen molar-refractivity contribution < 1.29 is 4.79 Å². The van der Waals surface area contributed by atoms with Gasteiger partial charge in [-0.25, -0.2) is 4.98 Å². The molecule has 6 heteroatoms. The smallest absolute Gasteiger partial charge is 0.225 e. The predicted octanol–water partition coefficient (Wildman–Crippen LogP) is 3.56. The third-order valence-corrected chi connectivity index (χ3v) is 4.36. The summed E-state index contributed by atoms with van der Waals surface area (Å²) in [5, 5.41) is 7.00. The Kier molecular flexibility index (Phi) is 6.13. The summed E-state index contributed by atoms with van der Waals surface area (Å²) in [4.78, 5) is 16.4. The quantitative estimate of drug-likeness (QED) is 0.902. The zero-order valence-corrected chi connectivity index (χ0v) is 14.5. The molecule has 2 aromatic rings. The SMILES string of the molecule is CNCCC(=O)Nc1ccc2nc(C(C)(C)C)sc2c1.Cl. The number of carbonyl (C=O) groups excluding carboxylic acids is 1. The molecule has 1 aromatic carbocycles. The number of anilines is 1. The van der Waals surface area contributed by atoms with Gasteiger partial charge in [0, 0.05) is 24.1 Å². The van der Waals surface area contributed by atoms with Crippen LogP contribution in [0.3, 0.4) is 0 Å². The van der Waals surface area contributed by atoms with Gasteiger partial charge in [-0.2, -0.15) is 0 Å². The van der Waals surface area contributed by atoms with Crippen molar-refractivity contribution in [3.63, 3.8) is 0 Å². The highest BCUT2D eigenvalue weighted by atomic mass is 35.5. The highest BCUT2D eigenvalue weighted by molar-refractivity contribution is 7.18. The number of aromatic nitrogens is 1. The van der Waals surface area contributed by atoms with Gasteiger partial charge in [0.15, 0.2) is 0 Å². The topological polar surface area (TPSA) is 54.0 Å². The summed E-state index contributed by atoms with van der Waals surface area (Å²) in [6.45, 7) is 7.16. The van der Waals surface area contributed by atoms with Crippen molar-refractivity contribution in [3.8, 4) is 0 Å². The van der Waals surface area contributed by atoms with Gasteiger partial charge in [-0.1, -0.05) is 20.8 Å². The largest absolute Gasteiger partial charge is 0.326 e. The number of nitrogens with zero attached hydrogens (tertiary/aromatic N) is 1. The molecular formula is C15H22ClN3OS. The molecular weight excluding hydrogens is 306 g/mol. The van der Waals surface area contributed by atoms with Gasteiger partial charge < -0.3 is 10.6 Å². The normalized spacial score (nSPS) is 11.2. The van der Waals surface area contributed by atoms with Crippen molar-refractivity contribution in [2.45, 2.75) is 32.6 Å². The minimum atomic E-state index is 0. The van der Waals surface area contributed by atoms with Crippen molar-refractivity contribution in [2.24, 2.45) is 0 Å². The summed E-state index contributed by atoms with van der Waals surface area (Å²) in [5.74, 6) is 0.0271. The first-order valence-electron chi connectivity index (χ1n) is 6.75. The highest BCUT2D eigenvalue weighted by Gasteiger charge is 2.18. The first kappa shape index (κ1) is 17.9. The molecule has 0 aliphatic rings. The van der Waals surface area contributed by atoms with Crippen molar-refractivity contribution in [3.05, 3.63) is 23.2 Å². The highest BCUT2D eigenvalue weighted by Crippen LogP contribution is 2.32. The minimum absolute atomic E-state index is 0. The molecule has 0 unspecified atom stereocenters. The molecule has 0 bridgehead atoms. The molecule has 0 spiro atoms. The van der Waals surface area contributed by atoms with Crippen LogP contribution in [0.5, 0.6) is 0 Å². The fourth-order valence-corrected chi connectivity index (χ4v) is 2.85. The Morgan fingerprint density at radius 1 is 1.33 bits per heavy atom. The number of thiazole rings is 1. The van der Waals surface area contributed by atoms with Gasteiger partial charge in [0.25, 0.3) is 0 Å². The van der Waals surface area contributed by atoms with Crippen LogP contribution in [0.2, 0.25) is 0 Å². The van der Waals surface area contributed by atoms with E-state index in [9.17, 15) is 4.79 Å². The van der Waals surface area contributed by atoms with Gasteiger partial charge in [-0.05, 0) is 25.2 Å². The maximum absolute atomic E-state index is 11.7. The van der Waals surface area contributed by atoms with Gasteiger partial charge >= 0.3 is 0 Å². The van der Waals surface area contributed by atoms with Gasteiger partial charge in [-0.15, -0.1) is 23.7 Å². The molecule has 0 aliphatic carbocycles. The minimum Gasteiger partial charge on any atom is -0.326 e. The molecule has 2 rings (SSSR count). The van der Waals surface area contributed by atoms with E-state index in [2.05, 4.69) is 36.4 Å². The number of nitrogens with one attached hydrogen (secondary N) is 2. The number of benzene rings is 1. The Hall–Kier alpha value is -1.17. The predicted molar refractivity (Wildman–Crippen MR) is 92.7 cm³/mol. The van der Waals surface area contributed by atoms with E-state index in [1.165, 1.54) is 0 Å². The molecule has 0 saturated heterocycles. The third kappa shape index (κ3) is 4.66. The zero-order valence-electron chi connectivity index (χ0n) is 12.8. The van der Waals surface area contributed by atoms with E-state index in [1.54, 1.807) is 11.3 Å². The first-order valence-corrected chi connectivity index (χ1v) is 7.57. The van der Waals surface area contributed by atoms with E-state index in [0.717, 1.165) is 20.9 Å². The number of amides is 1. The number of fused-ring (bicyclic) bond motifs is 1. The van der Waals surface area contributed by atoms with E-state index in [-0.39, 0.29) is 23.7 Å². The van der Waals surface area contributed by atoms with Crippen LogP contribution in [0.1, 0.15) is 32.2 Å².